The molecule has 0 aliphatic heterocycles. The maximum Gasteiger partial charge on any atom is 0.416 e. The number of rotatable bonds is 9. The molecular formula is C28H23F4N3O5. The van der Waals surface area contributed by atoms with Gasteiger partial charge >= 0.3 is 12.1 Å². The summed E-state index contributed by atoms with van der Waals surface area (Å²) in [7, 11) is 1.19. The van der Waals surface area contributed by atoms with Crippen LogP contribution < -0.4 is 10.9 Å². The van der Waals surface area contributed by atoms with E-state index in [9.17, 15) is 31.9 Å². The fraction of sp³-hybridized carbons (Fsp3) is 0.214. The van der Waals surface area contributed by atoms with Gasteiger partial charge in [-0.3, -0.25) is 19.0 Å². The minimum absolute atomic E-state index is 0.0420. The SMILES string of the molecule is COC(=O)Cn1cnc2cc(C(=O)NCCOCc3ccc(C(F)(F)F)cc3)c(-c3cccc(F)c3)cc2c1=O. The third kappa shape index (κ3) is 6.70. The quantitative estimate of drug-likeness (QED) is 0.187. The molecule has 4 rings (SSSR count). The number of nitrogens with one attached hydrogen (secondary N) is 1. The summed E-state index contributed by atoms with van der Waals surface area (Å²) < 4.78 is 63.3. The van der Waals surface area contributed by atoms with Crippen LogP contribution in [0.3, 0.4) is 0 Å². The van der Waals surface area contributed by atoms with Gasteiger partial charge in [-0.05, 0) is 53.1 Å². The number of halogens is 4. The smallest absolute Gasteiger partial charge is 0.416 e. The van der Waals surface area contributed by atoms with Gasteiger partial charge in [0.25, 0.3) is 11.5 Å². The molecule has 8 nitrogen and oxygen atoms in total. The second-order valence-electron chi connectivity index (χ2n) is 8.68. The van der Waals surface area contributed by atoms with Gasteiger partial charge in [0.05, 0.1) is 43.1 Å². The zero-order valence-electron chi connectivity index (χ0n) is 21.1. The Hall–Kier alpha value is -4.58. The number of aromatic nitrogens is 2. The molecule has 4 aromatic rings. The topological polar surface area (TPSA) is 99.5 Å². The fourth-order valence-electron chi connectivity index (χ4n) is 3.92. The molecule has 3 aromatic carbocycles. The van der Waals surface area contributed by atoms with E-state index in [0.29, 0.717) is 11.1 Å². The van der Waals surface area contributed by atoms with Crippen LogP contribution in [-0.4, -0.2) is 41.7 Å². The Morgan fingerprint density at radius 3 is 2.48 bits per heavy atom. The Morgan fingerprint density at radius 2 is 1.80 bits per heavy atom. The lowest BCUT2D eigenvalue weighted by atomic mass is 9.97. The summed E-state index contributed by atoms with van der Waals surface area (Å²) >= 11 is 0. The highest BCUT2D eigenvalue weighted by Crippen LogP contribution is 2.29. The van der Waals surface area contributed by atoms with E-state index >= 15 is 0 Å². The molecule has 0 unspecified atom stereocenters. The summed E-state index contributed by atoms with van der Waals surface area (Å²) in [6, 6.07) is 12.9. The first-order chi connectivity index (χ1) is 19.1. The second-order valence-corrected chi connectivity index (χ2v) is 8.68. The van der Waals surface area contributed by atoms with Crippen molar-refractivity contribution in [3.63, 3.8) is 0 Å². The van der Waals surface area contributed by atoms with Crippen LogP contribution in [0.15, 0.2) is 71.8 Å². The minimum atomic E-state index is -4.42. The average molecular weight is 558 g/mol. The number of fused-ring (bicyclic) bond motifs is 1. The lowest BCUT2D eigenvalue weighted by Crippen LogP contribution is -2.28. The fourth-order valence-corrected chi connectivity index (χ4v) is 3.92. The van der Waals surface area contributed by atoms with E-state index in [0.717, 1.165) is 16.7 Å². The molecule has 0 aliphatic rings. The van der Waals surface area contributed by atoms with E-state index in [1.54, 1.807) is 6.07 Å². The Labute approximate surface area is 225 Å². The Bertz CT molecular complexity index is 1600. The molecule has 1 amide bonds. The number of hydrogen-bond acceptors (Lipinski definition) is 6. The zero-order valence-corrected chi connectivity index (χ0v) is 21.1. The van der Waals surface area contributed by atoms with Gasteiger partial charge in [-0.1, -0.05) is 24.3 Å². The van der Waals surface area contributed by atoms with Crippen molar-refractivity contribution < 1.29 is 36.6 Å². The molecule has 12 heteroatoms. The highest BCUT2D eigenvalue weighted by Gasteiger charge is 2.29. The molecule has 0 atom stereocenters. The summed E-state index contributed by atoms with van der Waals surface area (Å²) in [5, 5.41) is 2.80. The third-order valence-corrected chi connectivity index (χ3v) is 5.95. The molecule has 1 N–H and O–H groups in total. The monoisotopic (exact) mass is 557 g/mol. The molecule has 0 bridgehead atoms. The lowest BCUT2D eigenvalue weighted by Gasteiger charge is -2.13. The van der Waals surface area contributed by atoms with Crippen LogP contribution in [0.1, 0.15) is 21.5 Å². The summed E-state index contributed by atoms with van der Waals surface area (Å²) in [6.45, 7) is -0.192. The van der Waals surface area contributed by atoms with Crippen molar-refractivity contribution >= 4 is 22.8 Å². The number of carbonyl (C=O) groups excluding carboxylic acids is 2. The standard InChI is InChI=1S/C28H23F4N3O5/c1-39-25(36)14-35-16-34-24-13-22(21(12-23(24)27(35)38)18-3-2-4-20(29)11-18)26(37)33-9-10-40-15-17-5-7-19(8-6-17)28(30,31)32/h2-8,11-13,16H,9-10,14-15H2,1H3,(H,33,37). The molecule has 0 saturated heterocycles. The molecule has 0 spiro atoms. The summed E-state index contributed by atoms with van der Waals surface area (Å²) in [5.74, 6) is -1.74. The van der Waals surface area contributed by atoms with E-state index in [-0.39, 0.29) is 48.3 Å². The Kier molecular flexibility index (Phi) is 8.58. The highest BCUT2D eigenvalue weighted by molar-refractivity contribution is 6.04. The van der Waals surface area contributed by atoms with Crippen LogP contribution in [0.4, 0.5) is 17.6 Å². The van der Waals surface area contributed by atoms with Crippen LogP contribution in [0, 0.1) is 5.82 Å². The van der Waals surface area contributed by atoms with Crippen molar-refractivity contribution in [3.05, 3.63) is 99.9 Å². The first-order valence-electron chi connectivity index (χ1n) is 11.9. The van der Waals surface area contributed by atoms with Gasteiger partial charge in [0.2, 0.25) is 0 Å². The van der Waals surface area contributed by atoms with E-state index in [1.807, 2.05) is 0 Å². The average Bonchev–Trinajstić information content (AvgIpc) is 2.93. The number of amides is 1. The first-order valence-corrected chi connectivity index (χ1v) is 11.9. The van der Waals surface area contributed by atoms with Crippen LogP contribution >= 0.6 is 0 Å². The molecule has 0 fully saturated rings. The van der Waals surface area contributed by atoms with Crippen molar-refractivity contribution in [2.75, 3.05) is 20.3 Å². The first kappa shape index (κ1) is 28.4. The minimum Gasteiger partial charge on any atom is -0.468 e. The Morgan fingerprint density at radius 1 is 1.05 bits per heavy atom. The zero-order chi connectivity index (χ0) is 28.9. The van der Waals surface area contributed by atoms with Crippen LogP contribution in [0.2, 0.25) is 0 Å². The summed E-state index contributed by atoms with van der Waals surface area (Å²) in [4.78, 5) is 42.0. The molecule has 40 heavy (non-hydrogen) atoms. The number of ether oxygens (including phenoxy) is 2. The van der Waals surface area contributed by atoms with Gasteiger partial charge in [-0.15, -0.1) is 0 Å². The van der Waals surface area contributed by atoms with Gasteiger partial charge in [-0.2, -0.15) is 13.2 Å². The number of alkyl halides is 3. The van der Waals surface area contributed by atoms with Crippen molar-refractivity contribution in [2.45, 2.75) is 19.3 Å². The van der Waals surface area contributed by atoms with Gasteiger partial charge < -0.3 is 14.8 Å². The largest absolute Gasteiger partial charge is 0.468 e. The van der Waals surface area contributed by atoms with Crippen LogP contribution in [-0.2, 0) is 33.6 Å². The van der Waals surface area contributed by atoms with Crippen molar-refractivity contribution in [3.8, 4) is 11.1 Å². The predicted molar refractivity (Wildman–Crippen MR) is 137 cm³/mol. The van der Waals surface area contributed by atoms with Crippen LogP contribution in [0.25, 0.3) is 22.0 Å². The molecule has 0 aliphatic carbocycles. The number of nitrogens with zero attached hydrogens (tertiary/aromatic N) is 2. The molecule has 0 saturated carbocycles. The second kappa shape index (κ2) is 12.1. The maximum atomic E-state index is 14.0. The van der Waals surface area contributed by atoms with Crippen molar-refractivity contribution in [1.29, 1.82) is 0 Å². The van der Waals surface area contributed by atoms with Gasteiger partial charge in [-0.25, -0.2) is 9.37 Å². The lowest BCUT2D eigenvalue weighted by molar-refractivity contribution is -0.141. The number of methoxy groups -OCH3 is 1. The van der Waals surface area contributed by atoms with Crippen molar-refractivity contribution in [2.24, 2.45) is 0 Å². The molecule has 1 aromatic heterocycles. The van der Waals surface area contributed by atoms with E-state index in [1.165, 1.54) is 55.9 Å². The summed E-state index contributed by atoms with van der Waals surface area (Å²) in [5.41, 5.74) is 0.152. The summed E-state index contributed by atoms with van der Waals surface area (Å²) in [6.07, 6.45) is -3.26. The Balaban J connectivity index is 1.52. The maximum absolute atomic E-state index is 14.0. The number of benzene rings is 3. The van der Waals surface area contributed by atoms with E-state index in [2.05, 4.69) is 15.0 Å². The molecule has 208 valence electrons. The van der Waals surface area contributed by atoms with Crippen molar-refractivity contribution in [1.82, 2.24) is 14.9 Å². The van der Waals surface area contributed by atoms with Gasteiger partial charge in [0, 0.05) is 12.1 Å². The number of esters is 1. The normalized spacial score (nSPS) is 11.4. The highest BCUT2D eigenvalue weighted by atomic mass is 19.4. The van der Waals surface area contributed by atoms with Crippen LogP contribution in [0.5, 0.6) is 0 Å². The van der Waals surface area contributed by atoms with Gasteiger partial charge in [0.15, 0.2) is 0 Å². The molecular weight excluding hydrogens is 534 g/mol. The van der Waals surface area contributed by atoms with Gasteiger partial charge in [0.1, 0.15) is 12.4 Å². The van der Waals surface area contributed by atoms with E-state index in [4.69, 9.17) is 4.74 Å². The molecule has 0 radical (unpaired) electrons. The molecule has 1 heterocycles. The van der Waals surface area contributed by atoms with E-state index < -0.39 is 35.0 Å². The number of carbonyl (C=O) groups is 2. The number of hydrogen-bond donors (Lipinski definition) is 1. The third-order valence-electron chi connectivity index (χ3n) is 5.95. The predicted octanol–water partition coefficient (Wildman–Crippen LogP) is 4.34.